The average molecular weight is 255 g/mol. The molecule has 2 aromatic rings. The number of pyridine rings is 1. The van der Waals surface area contributed by atoms with Gasteiger partial charge in [0.05, 0.1) is 17.6 Å². The molecule has 0 bridgehead atoms. The SMILES string of the molecule is Cc1cnc(C(=O)OC2CCc3cccnc32)cn1. The van der Waals surface area contributed by atoms with Gasteiger partial charge >= 0.3 is 5.97 Å². The molecule has 1 aliphatic carbocycles. The highest BCUT2D eigenvalue weighted by atomic mass is 16.5. The number of carbonyl (C=O) groups excluding carboxylic acids is 1. The molecule has 3 rings (SSSR count). The summed E-state index contributed by atoms with van der Waals surface area (Å²) >= 11 is 0. The van der Waals surface area contributed by atoms with Gasteiger partial charge in [-0.1, -0.05) is 6.07 Å². The highest BCUT2D eigenvalue weighted by Crippen LogP contribution is 2.32. The quantitative estimate of drug-likeness (QED) is 0.768. The summed E-state index contributed by atoms with van der Waals surface area (Å²) in [4.78, 5) is 24.3. The lowest BCUT2D eigenvalue weighted by Gasteiger charge is -2.11. The Labute approximate surface area is 110 Å². The van der Waals surface area contributed by atoms with E-state index in [9.17, 15) is 4.79 Å². The first-order valence-corrected chi connectivity index (χ1v) is 6.17. The molecule has 0 spiro atoms. The minimum absolute atomic E-state index is 0.231. The Morgan fingerprint density at radius 1 is 1.32 bits per heavy atom. The number of fused-ring (bicyclic) bond motifs is 1. The van der Waals surface area contributed by atoms with Crippen LogP contribution in [-0.2, 0) is 11.2 Å². The molecule has 1 aliphatic rings. The number of hydrogen-bond acceptors (Lipinski definition) is 5. The molecule has 0 radical (unpaired) electrons. The van der Waals surface area contributed by atoms with Gasteiger partial charge in [0, 0.05) is 12.4 Å². The fourth-order valence-corrected chi connectivity index (χ4v) is 2.18. The van der Waals surface area contributed by atoms with Crippen molar-refractivity contribution in [2.75, 3.05) is 0 Å². The summed E-state index contributed by atoms with van der Waals surface area (Å²) in [7, 11) is 0. The molecule has 5 heteroatoms. The molecule has 0 amide bonds. The van der Waals surface area contributed by atoms with E-state index in [2.05, 4.69) is 15.0 Å². The Morgan fingerprint density at radius 2 is 2.21 bits per heavy atom. The van der Waals surface area contributed by atoms with Crippen LogP contribution in [0.4, 0.5) is 0 Å². The van der Waals surface area contributed by atoms with Crippen molar-refractivity contribution in [2.24, 2.45) is 0 Å². The average Bonchev–Trinajstić information content (AvgIpc) is 2.83. The first-order valence-electron chi connectivity index (χ1n) is 6.17. The van der Waals surface area contributed by atoms with E-state index in [1.165, 1.54) is 6.20 Å². The van der Waals surface area contributed by atoms with Gasteiger partial charge in [-0.15, -0.1) is 0 Å². The Balaban J connectivity index is 1.76. The largest absolute Gasteiger partial charge is 0.451 e. The third-order valence-corrected chi connectivity index (χ3v) is 3.15. The molecule has 96 valence electrons. The molecule has 0 aliphatic heterocycles. The minimum atomic E-state index is -0.448. The van der Waals surface area contributed by atoms with Crippen molar-refractivity contribution in [3.63, 3.8) is 0 Å². The van der Waals surface area contributed by atoms with Gasteiger partial charge in [0.2, 0.25) is 0 Å². The third-order valence-electron chi connectivity index (χ3n) is 3.15. The summed E-state index contributed by atoms with van der Waals surface area (Å²) in [6, 6.07) is 3.91. The number of carbonyl (C=O) groups is 1. The van der Waals surface area contributed by atoms with E-state index < -0.39 is 5.97 Å². The summed E-state index contributed by atoms with van der Waals surface area (Å²) in [5, 5.41) is 0. The molecule has 19 heavy (non-hydrogen) atoms. The second-order valence-electron chi connectivity index (χ2n) is 4.52. The van der Waals surface area contributed by atoms with Crippen molar-refractivity contribution < 1.29 is 9.53 Å². The molecule has 0 N–H and O–H groups in total. The van der Waals surface area contributed by atoms with Crippen molar-refractivity contribution in [2.45, 2.75) is 25.9 Å². The standard InChI is InChI=1S/C14H13N3O2/c1-9-7-17-11(8-16-9)14(18)19-12-5-4-10-3-2-6-15-13(10)12/h2-3,6-8,12H,4-5H2,1H3. The van der Waals surface area contributed by atoms with Crippen LogP contribution in [0.15, 0.2) is 30.7 Å². The van der Waals surface area contributed by atoms with Crippen LogP contribution >= 0.6 is 0 Å². The Morgan fingerprint density at radius 3 is 3.00 bits per heavy atom. The second kappa shape index (κ2) is 4.76. The summed E-state index contributed by atoms with van der Waals surface area (Å²) in [6.07, 6.45) is 6.10. The lowest BCUT2D eigenvalue weighted by atomic mass is 10.2. The van der Waals surface area contributed by atoms with Gasteiger partial charge in [0.1, 0.15) is 6.10 Å². The van der Waals surface area contributed by atoms with Crippen LogP contribution in [0.3, 0.4) is 0 Å². The number of ether oxygens (including phenoxy) is 1. The highest BCUT2D eigenvalue weighted by Gasteiger charge is 2.27. The van der Waals surface area contributed by atoms with Crippen LogP contribution in [0.2, 0.25) is 0 Å². The normalized spacial score (nSPS) is 17.0. The van der Waals surface area contributed by atoms with Gasteiger partial charge < -0.3 is 4.74 Å². The summed E-state index contributed by atoms with van der Waals surface area (Å²) in [5.41, 5.74) is 3.01. The minimum Gasteiger partial charge on any atom is -0.451 e. The predicted octanol–water partition coefficient (Wildman–Crippen LogP) is 2.02. The number of nitrogens with zero attached hydrogens (tertiary/aromatic N) is 3. The van der Waals surface area contributed by atoms with Crippen LogP contribution in [0.1, 0.15) is 40.0 Å². The van der Waals surface area contributed by atoms with Crippen molar-refractivity contribution in [3.8, 4) is 0 Å². The second-order valence-corrected chi connectivity index (χ2v) is 4.52. The molecule has 1 atom stereocenters. The van der Waals surface area contributed by atoms with E-state index in [1.807, 2.05) is 19.1 Å². The van der Waals surface area contributed by atoms with Gasteiger partial charge in [-0.3, -0.25) is 9.97 Å². The molecule has 5 nitrogen and oxygen atoms in total. The van der Waals surface area contributed by atoms with Crippen LogP contribution in [0.5, 0.6) is 0 Å². The predicted molar refractivity (Wildman–Crippen MR) is 67.5 cm³/mol. The Hall–Kier alpha value is -2.30. The maximum Gasteiger partial charge on any atom is 0.359 e. The number of esters is 1. The Kier molecular flexibility index (Phi) is 2.95. The number of aromatic nitrogens is 3. The van der Waals surface area contributed by atoms with Crippen LogP contribution in [0, 0.1) is 6.92 Å². The molecule has 0 aromatic carbocycles. The zero-order valence-electron chi connectivity index (χ0n) is 10.5. The molecule has 1 unspecified atom stereocenters. The zero-order chi connectivity index (χ0) is 13.2. The molecule has 2 aromatic heterocycles. The van der Waals surface area contributed by atoms with Crippen LogP contribution in [0.25, 0.3) is 0 Å². The monoisotopic (exact) mass is 255 g/mol. The van der Waals surface area contributed by atoms with E-state index >= 15 is 0 Å². The molecular weight excluding hydrogens is 242 g/mol. The maximum absolute atomic E-state index is 12.0. The lowest BCUT2D eigenvalue weighted by Crippen LogP contribution is -2.12. The first kappa shape index (κ1) is 11.8. The van der Waals surface area contributed by atoms with Crippen molar-refractivity contribution in [3.05, 3.63) is 53.4 Å². The summed E-state index contributed by atoms with van der Waals surface area (Å²) in [6.45, 7) is 1.82. The third kappa shape index (κ3) is 2.31. The van der Waals surface area contributed by atoms with Crippen LogP contribution in [-0.4, -0.2) is 20.9 Å². The van der Waals surface area contributed by atoms with Gasteiger partial charge in [-0.05, 0) is 31.4 Å². The summed E-state index contributed by atoms with van der Waals surface area (Å²) in [5.74, 6) is -0.448. The van der Waals surface area contributed by atoms with Gasteiger partial charge in [0.25, 0.3) is 0 Å². The molecule has 0 saturated carbocycles. The maximum atomic E-state index is 12.0. The number of aryl methyl sites for hydroxylation is 2. The molecule has 0 fully saturated rings. The van der Waals surface area contributed by atoms with Gasteiger partial charge in [-0.25, -0.2) is 9.78 Å². The van der Waals surface area contributed by atoms with E-state index in [-0.39, 0.29) is 11.8 Å². The zero-order valence-corrected chi connectivity index (χ0v) is 10.5. The van der Waals surface area contributed by atoms with Crippen molar-refractivity contribution in [1.82, 2.24) is 15.0 Å². The van der Waals surface area contributed by atoms with Gasteiger partial charge in [-0.2, -0.15) is 0 Å². The number of hydrogen-bond donors (Lipinski definition) is 0. The van der Waals surface area contributed by atoms with E-state index in [0.717, 1.165) is 29.8 Å². The molecule has 2 heterocycles. The van der Waals surface area contributed by atoms with E-state index in [4.69, 9.17) is 4.74 Å². The van der Waals surface area contributed by atoms with Gasteiger partial charge in [0.15, 0.2) is 5.69 Å². The lowest BCUT2D eigenvalue weighted by molar-refractivity contribution is 0.0285. The fraction of sp³-hybridized carbons (Fsp3) is 0.286. The number of rotatable bonds is 2. The first-order chi connectivity index (χ1) is 9.24. The van der Waals surface area contributed by atoms with E-state index in [1.54, 1.807) is 12.4 Å². The smallest absolute Gasteiger partial charge is 0.359 e. The molecular formula is C14H13N3O2. The fourth-order valence-electron chi connectivity index (χ4n) is 2.18. The van der Waals surface area contributed by atoms with Crippen LogP contribution < -0.4 is 0 Å². The van der Waals surface area contributed by atoms with Crippen molar-refractivity contribution in [1.29, 1.82) is 0 Å². The Bertz CT molecular complexity index is 610. The summed E-state index contributed by atoms with van der Waals surface area (Å²) < 4.78 is 5.46. The topological polar surface area (TPSA) is 65.0 Å². The highest BCUT2D eigenvalue weighted by molar-refractivity contribution is 5.87. The van der Waals surface area contributed by atoms with Crippen molar-refractivity contribution >= 4 is 5.97 Å². The van der Waals surface area contributed by atoms with E-state index in [0.29, 0.717) is 0 Å². The molecule has 0 saturated heterocycles.